The van der Waals surface area contributed by atoms with E-state index < -0.39 is 31.2 Å². The van der Waals surface area contributed by atoms with Crippen LogP contribution in [-0.4, -0.2) is 75.9 Å². The molecule has 3 rings (SSSR count). The molecule has 0 saturated carbocycles. The van der Waals surface area contributed by atoms with Gasteiger partial charge in [0, 0.05) is 6.54 Å². The standard InChI is InChI=1S/C24H45N5O4Si3/c1-17(2)12-13-25-22-19-23(27-15-26-22)29(16-28-19)24-21(33-36(9,10)11)20(32-35(6,7)8)18(31-24)14-30-34(3,4)5/h15-16,18,20-21,24H,1,12-14H2,2-11H3,(H,25,26,27). The molecule has 1 fully saturated rings. The molecule has 0 spiro atoms. The number of fused-ring (bicyclic) bond motifs is 1. The molecule has 1 aliphatic heterocycles. The Morgan fingerprint density at radius 2 is 1.61 bits per heavy atom. The second-order valence-electron chi connectivity index (χ2n) is 12.6. The van der Waals surface area contributed by atoms with Crippen LogP contribution < -0.4 is 5.32 Å². The van der Waals surface area contributed by atoms with Gasteiger partial charge in [-0.05, 0) is 72.3 Å². The minimum Gasteiger partial charge on any atom is -0.415 e. The van der Waals surface area contributed by atoms with E-state index in [-0.39, 0.29) is 18.3 Å². The Morgan fingerprint density at radius 3 is 2.19 bits per heavy atom. The van der Waals surface area contributed by atoms with E-state index in [9.17, 15) is 0 Å². The molecule has 202 valence electrons. The van der Waals surface area contributed by atoms with Crippen LogP contribution in [0.25, 0.3) is 11.2 Å². The minimum atomic E-state index is -1.95. The largest absolute Gasteiger partial charge is 0.415 e. The van der Waals surface area contributed by atoms with Crippen LogP contribution >= 0.6 is 0 Å². The van der Waals surface area contributed by atoms with Crippen molar-refractivity contribution in [2.24, 2.45) is 0 Å². The van der Waals surface area contributed by atoms with Gasteiger partial charge in [0.1, 0.15) is 24.6 Å². The molecule has 12 heteroatoms. The molecule has 0 radical (unpaired) electrons. The molecule has 0 amide bonds. The zero-order valence-corrected chi connectivity index (χ0v) is 26.7. The molecule has 4 unspecified atom stereocenters. The fraction of sp³-hybridized carbons (Fsp3) is 0.708. The Kier molecular flexibility index (Phi) is 9.01. The highest BCUT2D eigenvalue weighted by Gasteiger charge is 2.50. The van der Waals surface area contributed by atoms with Gasteiger partial charge in [0.2, 0.25) is 0 Å². The number of hydrogen-bond acceptors (Lipinski definition) is 8. The lowest BCUT2D eigenvalue weighted by molar-refractivity contribution is -0.0457. The molecule has 0 aromatic carbocycles. The van der Waals surface area contributed by atoms with Crippen molar-refractivity contribution in [2.75, 3.05) is 18.5 Å². The number of aromatic nitrogens is 4. The van der Waals surface area contributed by atoms with Crippen molar-refractivity contribution in [1.82, 2.24) is 19.5 Å². The fourth-order valence-corrected chi connectivity index (χ4v) is 6.88. The summed E-state index contributed by atoms with van der Waals surface area (Å²) in [5.74, 6) is 0.703. The molecule has 2 aromatic rings. The number of nitrogens with one attached hydrogen (secondary N) is 1. The monoisotopic (exact) mass is 551 g/mol. The van der Waals surface area contributed by atoms with Crippen molar-refractivity contribution < 1.29 is 18.0 Å². The second-order valence-corrected chi connectivity index (χ2v) is 26.0. The van der Waals surface area contributed by atoms with Crippen molar-refractivity contribution in [3.8, 4) is 0 Å². The molecule has 0 bridgehead atoms. The summed E-state index contributed by atoms with van der Waals surface area (Å²) in [5.41, 5.74) is 2.53. The minimum absolute atomic E-state index is 0.239. The van der Waals surface area contributed by atoms with Crippen molar-refractivity contribution in [3.05, 3.63) is 24.8 Å². The van der Waals surface area contributed by atoms with Gasteiger partial charge >= 0.3 is 0 Å². The number of ether oxygens (including phenoxy) is 1. The maximum absolute atomic E-state index is 6.78. The van der Waals surface area contributed by atoms with Crippen LogP contribution in [0.3, 0.4) is 0 Å². The molecular formula is C24H45N5O4Si3. The first-order chi connectivity index (χ1) is 16.5. The van der Waals surface area contributed by atoms with Crippen LogP contribution in [0.1, 0.15) is 19.6 Å². The van der Waals surface area contributed by atoms with E-state index in [1.807, 2.05) is 11.5 Å². The van der Waals surface area contributed by atoms with E-state index in [0.717, 1.165) is 18.5 Å². The molecule has 4 atom stereocenters. The van der Waals surface area contributed by atoms with E-state index in [2.05, 4.69) is 85.8 Å². The summed E-state index contributed by atoms with van der Waals surface area (Å²) in [6.07, 6.45) is 2.98. The van der Waals surface area contributed by atoms with E-state index in [4.69, 9.17) is 18.0 Å². The summed E-state index contributed by atoms with van der Waals surface area (Å²) in [5, 5.41) is 3.37. The maximum Gasteiger partial charge on any atom is 0.184 e. The van der Waals surface area contributed by atoms with Crippen LogP contribution in [0.5, 0.6) is 0 Å². The van der Waals surface area contributed by atoms with Crippen LogP contribution in [0, 0.1) is 0 Å². The number of anilines is 1. The lowest BCUT2D eigenvalue weighted by Gasteiger charge is -2.34. The summed E-state index contributed by atoms with van der Waals surface area (Å²) < 4.78 is 28.5. The van der Waals surface area contributed by atoms with Crippen LogP contribution in [0.2, 0.25) is 58.9 Å². The van der Waals surface area contributed by atoms with Crippen molar-refractivity contribution in [2.45, 2.75) is 96.8 Å². The topological polar surface area (TPSA) is 92.6 Å². The summed E-state index contributed by atoms with van der Waals surface area (Å²) in [7, 11) is -5.62. The Hall–Kier alpha value is -1.42. The zero-order valence-electron chi connectivity index (χ0n) is 23.7. The van der Waals surface area contributed by atoms with E-state index in [0.29, 0.717) is 23.6 Å². The number of hydrogen-bond donors (Lipinski definition) is 1. The van der Waals surface area contributed by atoms with Gasteiger partial charge in [-0.3, -0.25) is 4.57 Å². The molecule has 9 nitrogen and oxygen atoms in total. The summed E-state index contributed by atoms with van der Waals surface area (Å²) in [6.45, 7) is 26.9. The number of imidazole rings is 1. The first-order valence-electron chi connectivity index (χ1n) is 12.7. The average molecular weight is 552 g/mol. The highest BCUT2D eigenvalue weighted by molar-refractivity contribution is 6.70. The first kappa shape index (κ1) is 29.1. The Bertz CT molecular complexity index is 1050. The fourth-order valence-electron chi connectivity index (χ4n) is 4.04. The number of rotatable bonds is 12. The molecule has 1 saturated heterocycles. The van der Waals surface area contributed by atoms with Crippen molar-refractivity contribution in [3.63, 3.8) is 0 Å². The predicted molar refractivity (Wildman–Crippen MR) is 153 cm³/mol. The predicted octanol–water partition coefficient (Wildman–Crippen LogP) is 5.39. The molecule has 0 aliphatic carbocycles. The maximum atomic E-state index is 6.78. The van der Waals surface area contributed by atoms with Gasteiger partial charge in [0.15, 0.2) is 48.2 Å². The Morgan fingerprint density at radius 1 is 0.972 bits per heavy atom. The summed E-state index contributed by atoms with van der Waals surface area (Å²) in [6, 6.07) is 0. The van der Waals surface area contributed by atoms with Crippen LogP contribution in [-0.2, 0) is 18.0 Å². The number of nitrogens with zero attached hydrogens (tertiary/aromatic N) is 4. The lowest BCUT2D eigenvalue weighted by Crippen LogP contribution is -2.48. The molecule has 1 aliphatic rings. The van der Waals surface area contributed by atoms with E-state index in [1.54, 1.807) is 12.7 Å². The smallest absolute Gasteiger partial charge is 0.184 e. The molecule has 3 heterocycles. The van der Waals surface area contributed by atoms with Gasteiger partial charge in [0.05, 0.1) is 12.9 Å². The Labute approximate surface area is 219 Å². The highest BCUT2D eigenvalue weighted by Crippen LogP contribution is 2.39. The first-order valence-corrected chi connectivity index (χ1v) is 23.0. The molecular weight excluding hydrogens is 507 g/mol. The van der Waals surface area contributed by atoms with Gasteiger partial charge in [-0.15, -0.1) is 6.58 Å². The van der Waals surface area contributed by atoms with E-state index in [1.165, 1.54) is 0 Å². The third-order valence-electron chi connectivity index (χ3n) is 5.42. The third kappa shape index (κ3) is 8.04. The van der Waals surface area contributed by atoms with E-state index >= 15 is 0 Å². The SMILES string of the molecule is C=C(C)CCNc1ncnc2c1ncn2C1OC(CO[Si](C)(C)C)C(O[Si](C)(C)C)C1O[Si](C)(C)C. The van der Waals surface area contributed by atoms with Gasteiger partial charge in [0.25, 0.3) is 0 Å². The van der Waals surface area contributed by atoms with Gasteiger partial charge in [-0.1, -0.05) is 5.57 Å². The Balaban J connectivity index is 2.00. The summed E-state index contributed by atoms with van der Waals surface area (Å²) in [4.78, 5) is 13.7. The molecule has 1 N–H and O–H groups in total. The van der Waals surface area contributed by atoms with Crippen LogP contribution in [0.15, 0.2) is 24.8 Å². The quantitative estimate of drug-likeness (QED) is 0.277. The molecule has 2 aromatic heterocycles. The van der Waals surface area contributed by atoms with Gasteiger partial charge in [-0.2, -0.15) is 0 Å². The third-order valence-corrected chi connectivity index (χ3v) is 8.41. The van der Waals surface area contributed by atoms with Crippen LogP contribution in [0.4, 0.5) is 5.82 Å². The van der Waals surface area contributed by atoms with Crippen molar-refractivity contribution >= 4 is 41.9 Å². The van der Waals surface area contributed by atoms with Gasteiger partial charge < -0.3 is 23.3 Å². The zero-order chi connectivity index (χ0) is 26.9. The van der Waals surface area contributed by atoms with Crippen molar-refractivity contribution in [1.29, 1.82) is 0 Å². The normalized spacial score (nSPS) is 23.4. The summed E-state index contributed by atoms with van der Waals surface area (Å²) >= 11 is 0. The molecule has 36 heavy (non-hydrogen) atoms. The highest BCUT2D eigenvalue weighted by atomic mass is 28.4. The average Bonchev–Trinajstić information content (AvgIpc) is 3.26. The lowest BCUT2D eigenvalue weighted by atomic mass is 10.1. The van der Waals surface area contributed by atoms with Gasteiger partial charge in [-0.25, -0.2) is 15.0 Å². The second kappa shape index (κ2) is 11.1.